The minimum absolute atomic E-state index is 0.0266. The normalized spacial score (nSPS) is 32.5. The summed E-state index contributed by atoms with van der Waals surface area (Å²) >= 11 is 0. The van der Waals surface area contributed by atoms with Gasteiger partial charge in [-0.1, -0.05) is 62.4 Å². The van der Waals surface area contributed by atoms with E-state index in [1.807, 2.05) is 11.9 Å². The summed E-state index contributed by atoms with van der Waals surface area (Å²) in [5.74, 6) is -4.94. The van der Waals surface area contributed by atoms with Crippen LogP contribution in [0.4, 0.5) is 4.79 Å². The van der Waals surface area contributed by atoms with E-state index in [9.17, 15) is 39.3 Å². The third-order valence-electron chi connectivity index (χ3n) is 14.4. The molecule has 2 heterocycles. The number of aliphatic hydroxyl groups is 3. The Hall–Kier alpha value is -4.71. The first-order valence-corrected chi connectivity index (χ1v) is 22.1. The molecular weight excluding hydrogens is 827 g/mol. The summed E-state index contributed by atoms with van der Waals surface area (Å²) in [7, 11) is 1.98. The lowest BCUT2D eigenvalue weighted by Gasteiger charge is -2.64. The van der Waals surface area contributed by atoms with E-state index in [2.05, 4.69) is 10.2 Å². The van der Waals surface area contributed by atoms with Gasteiger partial charge in [0.1, 0.15) is 35.6 Å². The van der Waals surface area contributed by atoms with Crippen molar-refractivity contribution in [2.75, 3.05) is 46.4 Å². The summed E-state index contributed by atoms with van der Waals surface area (Å²) in [4.78, 5) is 75.4. The molecule has 1 amide bonds. The monoisotopic (exact) mass is 889 g/mol. The molecular formula is C48H63N3O13. The van der Waals surface area contributed by atoms with Gasteiger partial charge in [-0.2, -0.15) is 0 Å². The van der Waals surface area contributed by atoms with E-state index >= 15 is 0 Å². The molecule has 11 atom stereocenters. The van der Waals surface area contributed by atoms with E-state index in [0.717, 1.165) is 0 Å². The number of nitrogens with one attached hydrogen (secondary N) is 1. The molecule has 2 aliphatic heterocycles. The molecule has 2 saturated carbocycles. The lowest BCUT2D eigenvalue weighted by Crippen LogP contribution is -2.75. The summed E-state index contributed by atoms with van der Waals surface area (Å²) in [6.45, 7) is 14.0. The van der Waals surface area contributed by atoms with E-state index in [1.165, 1.54) is 0 Å². The average Bonchev–Trinajstić information content (AvgIpc) is 3.23. The van der Waals surface area contributed by atoms with Gasteiger partial charge in [-0.15, -0.1) is 0 Å². The van der Waals surface area contributed by atoms with Gasteiger partial charge in [0.25, 0.3) is 0 Å². The molecule has 2 aromatic rings. The number of rotatable bonds is 10. The Balaban J connectivity index is 1.31. The second-order valence-electron chi connectivity index (χ2n) is 19.9. The molecule has 0 aromatic heterocycles. The van der Waals surface area contributed by atoms with Crippen molar-refractivity contribution in [3.8, 4) is 0 Å². The maximum absolute atomic E-state index is 15.0. The zero-order valence-electron chi connectivity index (χ0n) is 37.9. The highest BCUT2D eigenvalue weighted by atomic mass is 16.6. The molecule has 16 nitrogen and oxygen atoms in total. The number of benzene rings is 2. The van der Waals surface area contributed by atoms with Crippen LogP contribution in [0.15, 0.2) is 71.8 Å². The van der Waals surface area contributed by atoms with Crippen LogP contribution in [0.5, 0.6) is 0 Å². The van der Waals surface area contributed by atoms with Crippen molar-refractivity contribution in [2.45, 2.75) is 115 Å². The largest absolute Gasteiger partial charge is 0.455 e. The van der Waals surface area contributed by atoms with Gasteiger partial charge >= 0.3 is 24.0 Å². The SMILES string of the molecule is CC1=C2[C@@H](O)C(=O)[C@@]3(C)C([C@@H]4CO[C@@H]4C[C@@H]3O)[C@H](OC(=O)c3ccccc3)[C@](O)(C[C@@H]1OC(=O)[C@H](OC(=O)CN1CCN(C)CC1)[C@@H](NC(=O)OC(C)(C)C)c1ccccc1)C2(C)C. The van der Waals surface area contributed by atoms with Crippen LogP contribution >= 0.6 is 0 Å². The van der Waals surface area contributed by atoms with Crippen molar-refractivity contribution in [1.29, 1.82) is 0 Å². The molecule has 2 saturated heterocycles. The Morgan fingerprint density at radius 3 is 2.16 bits per heavy atom. The Morgan fingerprint density at radius 1 is 0.938 bits per heavy atom. The summed E-state index contributed by atoms with van der Waals surface area (Å²) in [6, 6.07) is 15.2. The fraction of sp³-hybridized carbons (Fsp3) is 0.604. The molecule has 0 radical (unpaired) electrons. The number of piperazine rings is 1. The molecule has 7 rings (SSSR count). The van der Waals surface area contributed by atoms with Gasteiger partial charge in [0, 0.05) is 56.3 Å². The molecule has 3 aliphatic carbocycles. The highest BCUT2D eigenvalue weighted by molar-refractivity contribution is 5.94. The van der Waals surface area contributed by atoms with Crippen molar-refractivity contribution >= 4 is 29.8 Å². The fourth-order valence-corrected chi connectivity index (χ4v) is 10.6. The molecule has 0 spiro atoms. The van der Waals surface area contributed by atoms with E-state index in [4.69, 9.17) is 23.7 Å². The number of carbonyl (C=O) groups is 5. The third-order valence-corrected chi connectivity index (χ3v) is 14.4. The number of esters is 3. The van der Waals surface area contributed by atoms with Gasteiger partial charge in [0.05, 0.1) is 36.3 Å². The molecule has 64 heavy (non-hydrogen) atoms. The second-order valence-corrected chi connectivity index (χ2v) is 19.9. The average molecular weight is 890 g/mol. The number of hydrogen-bond donors (Lipinski definition) is 4. The summed E-state index contributed by atoms with van der Waals surface area (Å²) in [5.41, 5.74) is -5.53. The number of alkyl carbamates (subject to hydrolysis) is 1. The van der Waals surface area contributed by atoms with E-state index < -0.39 is 113 Å². The van der Waals surface area contributed by atoms with Gasteiger partial charge in [-0.05, 0) is 70.5 Å². The Labute approximate surface area is 374 Å². The third kappa shape index (κ3) is 8.84. The van der Waals surface area contributed by atoms with Gasteiger partial charge in [-0.3, -0.25) is 14.5 Å². The van der Waals surface area contributed by atoms with E-state index in [-0.39, 0.29) is 36.3 Å². The number of aliphatic hydroxyl groups excluding tert-OH is 2. The highest BCUT2D eigenvalue weighted by Gasteiger charge is 2.72. The molecule has 16 heteroatoms. The Bertz CT molecular complexity index is 2120. The van der Waals surface area contributed by atoms with Crippen molar-refractivity contribution in [2.24, 2.45) is 22.7 Å². The molecule has 348 valence electrons. The zero-order chi connectivity index (χ0) is 46.5. The highest BCUT2D eigenvalue weighted by Crippen LogP contribution is 2.62. The predicted octanol–water partition coefficient (Wildman–Crippen LogP) is 3.37. The van der Waals surface area contributed by atoms with E-state index in [0.29, 0.717) is 31.7 Å². The lowest BCUT2D eigenvalue weighted by molar-refractivity contribution is -0.277. The van der Waals surface area contributed by atoms with Crippen molar-refractivity contribution < 1.29 is 63.0 Å². The minimum Gasteiger partial charge on any atom is -0.455 e. The van der Waals surface area contributed by atoms with Crippen LogP contribution in [-0.4, -0.2) is 149 Å². The quantitative estimate of drug-likeness (QED) is 0.153. The zero-order valence-corrected chi connectivity index (χ0v) is 37.9. The first-order chi connectivity index (χ1) is 30.1. The lowest BCUT2D eigenvalue weighted by atomic mass is 9.46. The van der Waals surface area contributed by atoms with Crippen LogP contribution in [0.3, 0.4) is 0 Å². The van der Waals surface area contributed by atoms with Crippen LogP contribution in [0.25, 0.3) is 0 Å². The molecule has 1 unspecified atom stereocenters. The number of hydrogen-bond acceptors (Lipinski definition) is 15. The van der Waals surface area contributed by atoms with Crippen molar-refractivity contribution in [3.05, 3.63) is 82.9 Å². The first kappa shape index (κ1) is 47.3. The van der Waals surface area contributed by atoms with E-state index in [1.54, 1.807) is 109 Å². The Kier molecular flexibility index (Phi) is 13.2. The van der Waals surface area contributed by atoms with Gasteiger partial charge < -0.3 is 49.2 Å². The molecule has 5 aliphatic rings. The van der Waals surface area contributed by atoms with Gasteiger partial charge in [0.15, 0.2) is 5.78 Å². The maximum Gasteiger partial charge on any atom is 0.408 e. The van der Waals surface area contributed by atoms with Crippen LogP contribution in [0, 0.1) is 22.7 Å². The van der Waals surface area contributed by atoms with Crippen LogP contribution in [0.2, 0.25) is 0 Å². The number of ether oxygens (including phenoxy) is 5. The number of carbonyl (C=O) groups excluding carboxylic acids is 5. The van der Waals surface area contributed by atoms with Gasteiger partial charge in [-0.25, -0.2) is 14.4 Å². The second kappa shape index (κ2) is 17.9. The van der Waals surface area contributed by atoms with Crippen LogP contribution in [-0.2, 0) is 38.1 Å². The van der Waals surface area contributed by atoms with Crippen molar-refractivity contribution in [1.82, 2.24) is 15.1 Å². The smallest absolute Gasteiger partial charge is 0.408 e. The molecule has 4 N–H and O–H groups in total. The molecule has 2 aromatic carbocycles. The summed E-state index contributed by atoms with van der Waals surface area (Å²) in [5, 5.41) is 40.3. The maximum atomic E-state index is 15.0. The number of Topliss-reactive ketones (excluding diaryl/α,β-unsaturated/α-hetero) is 1. The fourth-order valence-electron chi connectivity index (χ4n) is 10.6. The van der Waals surface area contributed by atoms with Crippen molar-refractivity contribution in [3.63, 3.8) is 0 Å². The summed E-state index contributed by atoms with van der Waals surface area (Å²) < 4.78 is 30.2. The standard InChI is InChI=1S/C48H63N3O13/c1-27-32(61-43(57)39(62-34(53)25-51-21-19-50(8)20-22-51)37(28-15-11-9-12-16-28)49-44(58)64-45(2,3)4)24-48(59)41(63-42(56)29-17-13-10-14-18-29)36-30-26-60-31(30)23-33(52)47(36,7)40(55)38(54)35(27)46(48,5)6/h9-18,30-33,36-39,41,52,54,59H,19-26H2,1-8H3,(H,49,58)/t30-,31-,32+,33+,36?,37+,38-,39-,41+,47-,48-/m1/s1. The number of ketones is 1. The number of nitrogens with zero attached hydrogens (tertiary/aromatic N) is 2. The number of amides is 1. The number of fused-ring (bicyclic) bond motifs is 5. The topological polar surface area (TPSA) is 211 Å². The summed E-state index contributed by atoms with van der Waals surface area (Å²) in [6.07, 6.45) is -9.71. The van der Waals surface area contributed by atoms with Crippen LogP contribution in [0.1, 0.15) is 83.3 Å². The van der Waals surface area contributed by atoms with Crippen LogP contribution < -0.4 is 5.32 Å². The molecule has 4 fully saturated rings. The first-order valence-electron chi connectivity index (χ1n) is 22.1. The Morgan fingerprint density at radius 2 is 1.56 bits per heavy atom. The van der Waals surface area contributed by atoms with Gasteiger partial charge in [0.2, 0.25) is 6.10 Å². The predicted molar refractivity (Wildman–Crippen MR) is 230 cm³/mol. The minimum atomic E-state index is -2.18. The number of likely N-dealkylation sites (N-methyl/N-ethyl adjacent to an activating group) is 1. The molecule has 2 bridgehead atoms.